The zero-order valence-electron chi connectivity index (χ0n) is 18.5. The molecule has 3 N–H and O–H groups in total. The second-order valence-corrected chi connectivity index (χ2v) is 7.99. The van der Waals surface area contributed by atoms with Gasteiger partial charge in [0, 0.05) is 23.7 Å². The van der Waals surface area contributed by atoms with Crippen LogP contribution in [-0.2, 0) is 6.54 Å². The topological polar surface area (TPSA) is 94.0 Å². The zero-order chi connectivity index (χ0) is 24.5. The fraction of sp³-hybridized carbons (Fsp3) is 0.160. The summed E-state index contributed by atoms with van der Waals surface area (Å²) < 4.78 is 13.0. The molecule has 2 amide bonds. The number of carbonyl (C=O) groups is 2. The number of hydrazone groups is 1. The van der Waals surface area contributed by atoms with Crippen LogP contribution in [0.5, 0.6) is 0 Å². The maximum absolute atomic E-state index is 13.0. The Morgan fingerprint density at radius 3 is 2.44 bits per heavy atom. The van der Waals surface area contributed by atoms with Crippen molar-refractivity contribution in [1.82, 2.24) is 10.3 Å². The molecule has 0 atom stereocenters. The fourth-order valence-electron chi connectivity index (χ4n) is 3.11. The molecule has 0 unspecified atom stereocenters. The number of likely N-dealkylation sites (N-methyl/N-ethyl adjacent to an activating group) is 1. The molecule has 0 saturated heterocycles. The van der Waals surface area contributed by atoms with Gasteiger partial charge >= 0.3 is 0 Å². The SMILES string of the molecule is CN(CCO)Cc1ccc(C(=O)Nc2ccc(Cl)cc2C(=O)NN=Cc2ccc(F)cc2)cc1. The molecule has 3 aromatic rings. The summed E-state index contributed by atoms with van der Waals surface area (Å²) in [5, 5.41) is 15.9. The summed E-state index contributed by atoms with van der Waals surface area (Å²) in [5.74, 6) is -1.33. The second-order valence-electron chi connectivity index (χ2n) is 7.55. The van der Waals surface area contributed by atoms with Gasteiger partial charge < -0.3 is 10.4 Å². The molecule has 0 radical (unpaired) electrons. The molecule has 7 nitrogen and oxygen atoms in total. The van der Waals surface area contributed by atoms with E-state index in [1.54, 1.807) is 18.2 Å². The standard InChI is InChI=1S/C25H24ClFN4O3/c1-31(12-13-32)16-18-2-6-19(7-3-18)24(33)29-23-11-8-20(26)14-22(23)25(34)30-28-15-17-4-9-21(27)10-5-17/h2-11,14-15,32H,12-13,16H2,1H3,(H,29,33)(H,30,34). The lowest BCUT2D eigenvalue weighted by molar-refractivity contribution is 0.0956. The first-order chi connectivity index (χ1) is 16.4. The molecule has 3 rings (SSSR count). The van der Waals surface area contributed by atoms with Crippen molar-refractivity contribution in [1.29, 1.82) is 0 Å². The van der Waals surface area contributed by atoms with E-state index >= 15 is 0 Å². The molecule has 176 valence electrons. The number of hydrogen-bond donors (Lipinski definition) is 3. The average Bonchev–Trinajstić information content (AvgIpc) is 2.82. The van der Waals surface area contributed by atoms with Crippen LogP contribution in [0.3, 0.4) is 0 Å². The highest BCUT2D eigenvalue weighted by atomic mass is 35.5. The van der Waals surface area contributed by atoms with Crippen LogP contribution in [0, 0.1) is 5.82 Å². The molecule has 0 saturated carbocycles. The smallest absolute Gasteiger partial charge is 0.273 e. The van der Waals surface area contributed by atoms with Gasteiger partial charge in [-0.3, -0.25) is 14.5 Å². The van der Waals surface area contributed by atoms with Gasteiger partial charge in [-0.1, -0.05) is 35.9 Å². The summed E-state index contributed by atoms with van der Waals surface area (Å²) >= 11 is 6.05. The molecule has 0 bridgehead atoms. The lowest BCUT2D eigenvalue weighted by Gasteiger charge is -2.15. The van der Waals surface area contributed by atoms with Crippen molar-refractivity contribution in [2.24, 2.45) is 5.10 Å². The number of carbonyl (C=O) groups excluding carboxylic acids is 2. The summed E-state index contributed by atoms with van der Waals surface area (Å²) in [6.45, 7) is 1.27. The van der Waals surface area contributed by atoms with E-state index in [1.165, 1.54) is 42.6 Å². The number of anilines is 1. The summed E-state index contributed by atoms with van der Waals surface area (Å²) in [6.07, 6.45) is 1.37. The first-order valence-corrected chi connectivity index (χ1v) is 10.8. The summed E-state index contributed by atoms with van der Waals surface area (Å²) in [5.41, 5.74) is 4.82. The first-order valence-electron chi connectivity index (χ1n) is 10.4. The lowest BCUT2D eigenvalue weighted by atomic mass is 10.1. The van der Waals surface area contributed by atoms with Crippen molar-refractivity contribution in [2.75, 3.05) is 25.5 Å². The molecule has 34 heavy (non-hydrogen) atoms. The number of nitrogens with zero attached hydrogens (tertiary/aromatic N) is 2. The van der Waals surface area contributed by atoms with Crippen LogP contribution < -0.4 is 10.7 Å². The van der Waals surface area contributed by atoms with Gasteiger partial charge in [0.1, 0.15) is 5.82 Å². The Morgan fingerprint density at radius 2 is 1.76 bits per heavy atom. The second kappa shape index (κ2) is 12.0. The van der Waals surface area contributed by atoms with Crippen LogP contribution in [0.25, 0.3) is 0 Å². The van der Waals surface area contributed by atoms with Crippen molar-refractivity contribution in [3.8, 4) is 0 Å². The number of amides is 2. The molecule has 3 aromatic carbocycles. The van der Waals surface area contributed by atoms with Crippen LogP contribution in [0.1, 0.15) is 31.8 Å². The predicted octanol–water partition coefficient (Wildman–Crippen LogP) is 3.92. The molecular formula is C25H24ClFN4O3. The van der Waals surface area contributed by atoms with E-state index < -0.39 is 5.91 Å². The van der Waals surface area contributed by atoms with Gasteiger partial charge in [-0.15, -0.1) is 0 Å². The highest BCUT2D eigenvalue weighted by Crippen LogP contribution is 2.22. The third-order valence-electron chi connectivity index (χ3n) is 4.87. The Morgan fingerprint density at radius 1 is 1.06 bits per heavy atom. The van der Waals surface area contributed by atoms with Crippen LogP contribution in [0.4, 0.5) is 10.1 Å². The van der Waals surface area contributed by atoms with Gasteiger partial charge in [0.2, 0.25) is 0 Å². The minimum Gasteiger partial charge on any atom is -0.395 e. The number of aliphatic hydroxyl groups is 1. The minimum absolute atomic E-state index is 0.0749. The third-order valence-corrected chi connectivity index (χ3v) is 5.11. The van der Waals surface area contributed by atoms with Gasteiger partial charge in [-0.2, -0.15) is 5.10 Å². The molecule has 0 heterocycles. The number of nitrogens with one attached hydrogen (secondary N) is 2. The Balaban J connectivity index is 1.68. The fourth-order valence-corrected chi connectivity index (χ4v) is 3.28. The van der Waals surface area contributed by atoms with Gasteiger partial charge in [0.15, 0.2) is 0 Å². The van der Waals surface area contributed by atoms with Crippen molar-refractivity contribution in [3.05, 3.63) is 99.8 Å². The van der Waals surface area contributed by atoms with Gasteiger partial charge in [0.25, 0.3) is 11.8 Å². The molecule has 0 spiro atoms. The summed E-state index contributed by atoms with van der Waals surface area (Å²) in [7, 11) is 1.90. The third kappa shape index (κ3) is 7.21. The van der Waals surface area contributed by atoms with E-state index in [1.807, 2.05) is 24.1 Å². The van der Waals surface area contributed by atoms with Crippen molar-refractivity contribution < 1.29 is 19.1 Å². The van der Waals surface area contributed by atoms with E-state index in [0.29, 0.717) is 29.2 Å². The predicted molar refractivity (Wildman–Crippen MR) is 131 cm³/mol. The largest absolute Gasteiger partial charge is 0.395 e. The van der Waals surface area contributed by atoms with E-state index in [4.69, 9.17) is 16.7 Å². The molecule has 0 aliphatic heterocycles. The van der Waals surface area contributed by atoms with Gasteiger partial charge in [0.05, 0.1) is 24.1 Å². The van der Waals surface area contributed by atoms with E-state index in [-0.39, 0.29) is 29.6 Å². The van der Waals surface area contributed by atoms with E-state index in [9.17, 15) is 14.0 Å². The van der Waals surface area contributed by atoms with Crippen molar-refractivity contribution in [3.63, 3.8) is 0 Å². The van der Waals surface area contributed by atoms with Gasteiger partial charge in [-0.25, -0.2) is 9.82 Å². The normalized spacial score (nSPS) is 11.1. The van der Waals surface area contributed by atoms with E-state index in [0.717, 1.165) is 5.56 Å². The molecule has 0 aliphatic rings. The Kier molecular flexibility index (Phi) is 8.86. The Bertz CT molecular complexity index is 1170. The lowest BCUT2D eigenvalue weighted by Crippen LogP contribution is -2.22. The Hall–Kier alpha value is -3.59. The molecular weight excluding hydrogens is 459 g/mol. The maximum atomic E-state index is 13.0. The summed E-state index contributed by atoms with van der Waals surface area (Å²) in [6, 6.07) is 17.2. The van der Waals surface area contributed by atoms with Gasteiger partial charge in [-0.05, 0) is 60.6 Å². The molecule has 9 heteroatoms. The maximum Gasteiger partial charge on any atom is 0.273 e. The number of hydrogen-bond acceptors (Lipinski definition) is 5. The quantitative estimate of drug-likeness (QED) is 0.318. The minimum atomic E-state index is -0.571. The zero-order valence-corrected chi connectivity index (χ0v) is 19.2. The highest BCUT2D eigenvalue weighted by molar-refractivity contribution is 6.31. The van der Waals surface area contributed by atoms with Crippen molar-refractivity contribution >= 4 is 35.3 Å². The van der Waals surface area contributed by atoms with E-state index in [2.05, 4.69) is 15.8 Å². The number of benzene rings is 3. The highest BCUT2D eigenvalue weighted by Gasteiger charge is 2.15. The van der Waals surface area contributed by atoms with Crippen molar-refractivity contribution in [2.45, 2.75) is 6.54 Å². The molecule has 0 aromatic heterocycles. The average molecular weight is 483 g/mol. The summed E-state index contributed by atoms with van der Waals surface area (Å²) in [4.78, 5) is 27.4. The number of rotatable bonds is 9. The molecule has 0 fully saturated rings. The van der Waals surface area contributed by atoms with Crippen LogP contribution >= 0.6 is 11.6 Å². The monoisotopic (exact) mass is 482 g/mol. The first kappa shape index (κ1) is 25.0. The van der Waals surface area contributed by atoms with Crippen LogP contribution in [-0.4, -0.2) is 48.2 Å². The van der Waals surface area contributed by atoms with Crippen LogP contribution in [0.15, 0.2) is 71.8 Å². The molecule has 0 aliphatic carbocycles. The van der Waals surface area contributed by atoms with Crippen LogP contribution in [0.2, 0.25) is 5.02 Å². The number of halogens is 2. The number of aliphatic hydroxyl groups excluding tert-OH is 1. The Labute approximate surface area is 201 Å².